The monoisotopic (exact) mass is 396 g/mol. The van der Waals surface area contributed by atoms with E-state index in [2.05, 4.69) is 26.0 Å². The number of aromatic amines is 1. The zero-order valence-electron chi connectivity index (χ0n) is 15.8. The molecule has 0 saturated carbocycles. The summed E-state index contributed by atoms with van der Waals surface area (Å²) in [6.07, 6.45) is -2.63. The lowest BCUT2D eigenvalue weighted by molar-refractivity contribution is -0.0696. The number of H-pyrrole nitrogens is 1. The molecule has 0 amide bonds. The molecule has 2 atom stereocenters. The van der Waals surface area contributed by atoms with Crippen molar-refractivity contribution in [2.45, 2.75) is 44.6 Å². The van der Waals surface area contributed by atoms with Crippen LogP contribution in [0.25, 0.3) is 0 Å². The highest BCUT2D eigenvalue weighted by Crippen LogP contribution is 2.41. The minimum atomic E-state index is -4.55. The van der Waals surface area contributed by atoms with Gasteiger partial charge < -0.3 is 20.3 Å². The fourth-order valence-corrected chi connectivity index (χ4v) is 4.26. The van der Waals surface area contributed by atoms with Crippen LogP contribution in [0.4, 0.5) is 19.0 Å². The fraction of sp³-hybridized carbons (Fsp3) is 0.667. The molecule has 1 aromatic heterocycles. The zero-order valence-corrected chi connectivity index (χ0v) is 15.8. The highest BCUT2D eigenvalue weighted by atomic mass is 19.4. The van der Waals surface area contributed by atoms with Gasteiger partial charge in [0, 0.05) is 37.5 Å². The van der Waals surface area contributed by atoms with E-state index in [1.807, 2.05) is 18.9 Å². The van der Waals surface area contributed by atoms with Gasteiger partial charge in [0.15, 0.2) is 5.82 Å². The normalized spacial score (nSPS) is 26.7. The Morgan fingerprint density at radius 1 is 1.32 bits per heavy atom. The van der Waals surface area contributed by atoms with E-state index in [0.29, 0.717) is 24.5 Å². The summed E-state index contributed by atoms with van der Waals surface area (Å²) in [5.74, 6) is 4.61. The molecule has 10 heteroatoms. The van der Waals surface area contributed by atoms with Crippen molar-refractivity contribution in [3.63, 3.8) is 0 Å². The average Bonchev–Trinajstić information content (AvgIpc) is 3.16. The molecule has 2 saturated heterocycles. The molecule has 28 heavy (non-hydrogen) atoms. The van der Waals surface area contributed by atoms with Gasteiger partial charge in [0.2, 0.25) is 5.96 Å². The predicted octanol–water partition coefficient (Wildman–Crippen LogP) is 1.58. The Hall–Kier alpha value is -2.25. The predicted molar refractivity (Wildman–Crippen MR) is 96.7 cm³/mol. The van der Waals surface area contributed by atoms with Gasteiger partial charge in [-0.1, -0.05) is 0 Å². The second-order valence-corrected chi connectivity index (χ2v) is 7.81. The third kappa shape index (κ3) is 3.33. The van der Waals surface area contributed by atoms with Crippen LogP contribution in [0.5, 0.6) is 0 Å². The van der Waals surface area contributed by atoms with E-state index < -0.39 is 6.18 Å². The summed E-state index contributed by atoms with van der Waals surface area (Å²) in [7, 11) is 1.87. The smallest absolute Gasteiger partial charge is 0.376 e. The molecule has 3 N–H and O–H groups in total. The van der Waals surface area contributed by atoms with Crippen LogP contribution < -0.4 is 5.73 Å². The molecule has 3 aliphatic heterocycles. The van der Waals surface area contributed by atoms with Crippen molar-refractivity contribution in [1.29, 1.82) is 0 Å². The summed E-state index contributed by atoms with van der Waals surface area (Å²) in [5.41, 5.74) is 7.06. The standard InChI is InChI=1S/C18H23F3N6O/c1-11-14(22)17(10-28-11)5-7-27(8-6-17)16-23-15-12(9-26(16)2)13(24-25-15)3-4-18(19,20)21/h11,14H,5-10,22H2,1-2H3,(H,24,25)/t11-,14+/m0/s1. The Balaban J connectivity index is 1.51. The highest BCUT2D eigenvalue weighted by Gasteiger charge is 2.48. The van der Waals surface area contributed by atoms with Gasteiger partial charge in [0.25, 0.3) is 0 Å². The van der Waals surface area contributed by atoms with Crippen molar-refractivity contribution in [3.8, 4) is 11.8 Å². The summed E-state index contributed by atoms with van der Waals surface area (Å²) >= 11 is 0. The van der Waals surface area contributed by atoms with E-state index in [1.165, 1.54) is 5.92 Å². The molecular weight excluding hydrogens is 373 g/mol. The number of nitrogens with two attached hydrogens (primary N) is 1. The maximum absolute atomic E-state index is 12.4. The number of likely N-dealkylation sites (tertiary alicyclic amines) is 1. The average molecular weight is 396 g/mol. The molecule has 2 fully saturated rings. The fourth-order valence-electron chi connectivity index (χ4n) is 4.26. The number of nitrogens with zero attached hydrogens (tertiary/aromatic N) is 4. The van der Waals surface area contributed by atoms with E-state index >= 15 is 0 Å². The van der Waals surface area contributed by atoms with Gasteiger partial charge in [0.05, 0.1) is 24.8 Å². The van der Waals surface area contributed by atoms with Crippen LogP contribution in [0.1, 0.15) is 31.0 Å². The molecule has 7 nitrogen and oxygen atoms in total. The van der Waals surface area contributed by atoms with Crippen molar-refractivity contribution >= 4 is 11.8 Å². The topological polar surface area (TPSA) is 82.8 Å². The second-order valence-electron chi connectivity index (χ2n) is 7.81. The minimum absolute atomic E-state index is 0.0171. The molecule has 4 heterocycles. The number of aliphatic imine (C=N–C) groups is 1. The van der Waals surface area contributed by atoms with Crippen LogP contribution in [0, 0.1) is 17.3 Å². The molecule has 0 aliphatic carbocycles. The highest BCUT2D eigenvalue weighted by molar-refractivity contribution is 5.84. The first-order valence-electron chi connectivity index (χ1n) is 9.28. The third-order valence-corrected chi connectivity index (χ3v) is 6.01. The summed E-state index contributed by atoms with van der Waals surface area (Å²) < 4.78 is 42.9. The van der Waals surface area contributed by atoms with Crippen molar-refractivity contribution in [2.24, 2.45) is 16.1 Å². The van der Waals surface area contributed by atoms with Crippen LogP contribution in [-0.4, -0.2) is 71.0 Å². The molecular formula is C18H23F3N6O. The van der Waals surface area contributed by atoms with E-state index in [-0.39, 0.29) is 23.3 Å². The number of alkyl halides is 3. The largest absolute Gasteiger partial charge is 0.458 e. The van der Waals surface area contributed by atoms with Crippen LogP contribution in [0.2, 0.25) is 0 Å². The van der Waals surface area contributed by atoms with E-state index in [1.54, 1.807) is 0 Å². The minimum Gasteiger partial charge on any atom is -0.376 e. The molecule has 0 aromatic carbocycles. The van der Waals surface area contributed by atoms with Gasteiger partial charge >= 0.3 is 6.18 Å². The summed E-state index contributed by atoms with van der Waals surface area (Å²) in [5, 5.41) is 6.62. The van der Waals surface area contributed by atoms with Gasteiger partial charge in [-0.25, -0.2) is 0 Å². The third-order valence-electron chi connectivity index (χ3n) is 6.01. The molecule has 1 spiro atoms. The number of aromatic nitrogens is 2. The van der Waals surface area contributed by atoms with Crippen molar-refractivity contribution in [1.82, 2.24) is 20.0 Å². The van der Waals surface area contributed by atoms with Crippen molar-refractivity contribution < 1.29 is 17.9 Å². The number of piperidine rings is 1. The van der Waals surface area contributed by atoms with Crippen molar-refractivity contribution in [2.75, 3.05) is 26.7 Å². The number of ether oxygens (including phenoxy) is 1. The van der Waals surface area contributed by atoms with E-state index in [4.69, 9.17) is 10.5 Å². The van der Waals surface area contributed by atoms with Gasteiger partial charge in [-0.15, -0.1) is 0 Å². The second kappa shape index (κ2) is 6.67. The first-order valence-corrected chi connectivity index (χ1v) is 9.28. The lowest BCUT2D eigenvalue weighted by Crippen LogP contribution is -2.54. The lowest BCUT2D eigenvalue weighted by atomic mass is 9.73. The number of rotatable bonds is 0. The SMILES string of the molecule is C[C@@H]1OCC2(CCN(C3=Nc4[nH]nc(C#CC(F)(F)F)c4CN3C)CC2)[C@@H]1N. The Morgan fingerprint density at radius 3 is 2.64 bits per heavy atom. The first kappa shape index (κ1) is 19.1. The molecule has 0 radical (unpaired) electrons. The van der Waals surface area contributed by atoms with Crippen LogP contribution in [-0.2, 0) is 11.3 Å². The summed E-state index contributed by atoms with van der Waals surface area (Å²) in [6.45, 7) is 4.71. The van der Waals surface area contributed by atoms with Gasteiger partial charge in [-0.05, 0) is 25.7 Å². The van der Waals surface area contributed by atoms with Crippen molar-refractivity contribution in [3.05, 3.63) is 11.3 Å². The first-order chi connectivity index (χ1) is 13.2. The maximum atomic E-state index is 12.4. The molecule has 152 valence electrons. The number of guanidine groups is 1. The maximum Gasteiger partial charge on any atom is 0.458 e. The van der Waals surface area contributed by atoms with Gasteiger partial charge in [0.1, 0.15) is 5.69 Å². The Labute approximate surface area is 161 Å². The number of nitrogens with one attached hydrogen (secondary N) is 1. The Kier molecular flexibility index (Phi) is 4.55. The summed E-state index contributed by atoms with van der Waals surface area (Å²) in [4.78, 5) is 8.71. The van der Waals surface area contributed by atoms with Crippen LogP contribution in [0.15, 0.2) is 4.99 Å². The van der Waals surface area contributed by atoms with Crippen LogP contribution >= 0.6 is 0 Å². The van der Waals surface area contributed by atoms with E-state index in [0.717, 1.165) is 31.9 Å². The van der Waals surface area contributed by atoms with E-state index in [9.17, 15) is 13.2 Å². The lowest BCUT2D eigenvalue weighted by Gasteiger charge is -2.44. The molecule has 0 bridgehead atoms. The Morgan fingerprint density at radius 2 is 2.04 bits per heavy atom. The number of hydrogen-bond acceptors (Lipinski definition) is 6. The Bertz CT molecular complexity index is 844. The van der Waals surface area contributed by atoms with Gasteiger partial charge in [-0.2, -0.15) is 23.3 Å². The zero-order chi connectivity index (χ0) is 20.1. The molecule has 1 aromatic rings. The molecule has 3 aliphatic rings. The quantitative estimate of drug-likeness (QED) is 0.651. The molecule has 4 rings (SSSR count). The van der Waals surface area contributed by atoms with Gasteiger partial charge in [-0.3, -0.25) is 5.10 Å². The molecule has 0 unspecified atom stereocenters. The van der Waals surface area contributed by atoms with Crippen LogP contribution in [0.3, 0.4) is 0 Å². The number of fused-ring (bicyclic) bond motifs is 1. The number of halogens is 3. The number of hydrogen-bond donors (Lipinski definition) is 2. The summed E-state index contributed by atoms with van der Waals surface area (Å²) in [6, 6.07) is 0.0367.